The van der Waals surface area contributed by atoms with Crippen LogP contribution >= 0.6 is 0 Å². The van der Waals surface area contributed by atoms with Crippen LogP contribution in [0, 0.1) is 5.92 Å². The number of carboxylic acid groups (broad SMARTS) is 1. The summed E-state index contributed by atoms with van der Waals surface area (Å²) in [4.78, 5) is 23.0. The number of hydrogen-bond acceptors (Lipinski definition) is 4. The Balaban J connectivity index is 1.57. The standard InChI is InChI=1S/C25H28N2O3/c1-15(2)16-6-8-17(9-7-16)24-20-5-3-4-19(20)21-14-18(10-11-22(21)27-24)25(30)26-13-12-23(28)29/h3-4,6-11,14-15,19-20,24,27H,5,12-13H2,1-2H3,(H,26,30)(H,28,29)/p-1/t19-,20-,24+/m0/s1. The van der Waals surface area contributed by atoms with Gasteiger partial charge in [-0.1, -0.05) is 50.3 Å². The van der Waals surface area contributed by atoms with E-state index in [0.29, 0.717) is 17.4 Å². The van der Waals surface area contributed by atoms with Crippen molar-refractivity contribution in [3.63, 3.8) is 0 Å². The molecule has 5 nitrogen and oxygen atoms in total. The zero-order valence-electron chi connectivity index (χ0n) is 17.4. The van der Waals surface area contributed by atoms with Crippen LogP contribution in [0.5, 0.6) is 0 Å². The molecule has 0 bridgehead atoms. The van der Waals surface area contributed by atoms with Crippen molar-refractivity contribution < 1.29 is 14.7 Å². The van der Waals surface area contributed by atoms with Crippen molar-refractivity contribution in [3.05, 3.63) is 76.9 Å². The Kier molecular flexibility index (Phi) is 5.62. The van der Waals surface area contributed by atoms with E-state index in [1.807, 2.05) is 12.1 Å². The normalized spacial score (nSPS) is 21.6. The van der Waals surface area contributed by atoms with Crippen LogP contribution in [-0.2, 0) is 4.79 Å². The summed E-state index contributed by atoms with van der Waals surface area (Å²) in [6.07, 6.45) is 5.28. The van der Waals surface area contributed by atoms with Gasteiger partial charge < -0.3 is 20.5 Å². The fourth-order valence-corrected chi connectivity index (χ4v) is 4.53. The first kappa shape index (κ1) is 20.2. The Morgan fingerprint density at radius 3 is 2.63 bits per heavy atom. The van der Waals surface area contributed by atoms with Crippen LogP contribution in [0.2, 0.25) is 0 Å². The molecule has 0 aromatic heterocycles. The fraction of sp³-hybridized carbons (Fsp3) is 0.360. The lowest BCUT2D eigenvalue weighted by Gasteiger charge is -2.37. The lowest BCUT2D eigenvalue weighted by atomic mass is 9.76. The van der Waals surface area contributed by atoms with Crippen LogP contribution in [0.15, 0.2) is 54.6 Å². The number of carbonyl (C=O) groups is 2. The Morgan fingerprint density at radius 1 is 1.17 bits per heavy atom. The van der Waals surface area contributed by atoms with Gasteiger partial charge in [-0.05, 0) is 53.1 Å². The number of carbonyl (C=O) groups excluding carboxylic acids is 2. The van der Waals surface area contributed by atoms with Gasteiger partial charge in [-0.25, -0.2) is 0 Å². The van der Waals surface area contributed by atoms with Gasteiger partial charge in [-0.15, -0.1) is 0 Å². The van der Waals surface area contributed by atoms with Crippen molar-refractivity contribution in [2.75, 3.05) is 11.9 Å². The first-order valence-electron chi connectivity index (χ1n) is 10.6. The second-order valence-electron chi connectivity index (χ2n) is 8.48. The number of allylic oxidation sites excluding steroid dienone is 2. The minimum atomic E-state index is -1.17. The largest absolute Gasteiger partial charge is 0.550 e. The topological polar surface area (TPSA) is 81.3 Å². The molecule has 1 aliphatic heterocycles. The second-order valence-corrected chi connectivity index (χ2v) is 8.48. The molecule has 5 heteroatoms. The molecule has 1 amide bonds. The lowest BCUT2D eigenvalue weighted by Crippen LogP contribution is -2.32. The Labute approximate surface area is 177 Å². The van der Waals surface area contributed by atoms with Gasteiger partial charge in [0.25, 0.3) is 5.91 Å². The third-order valence-electron chi connectivity index (χ3n) is 6.20. The average Bonchev–Trinajstić information content (AvgIpc) is 3.23. The highest BCUT2D eigenvalue weighted by Gasteiger charge is 2.38. The number of fused-ring (bicyclic) bond motifs is 3. The van der Waals surface area contributed by atoms with E-state index < -0.39 is 5.97 Å². The molecule has 30 heavy (non-hydrogen) atoms. The van der Waals surface area contributed by atoms with Crippen molar-refractivity contribution in [2.45, 2.75) is 44.6 Å². The quantitative estimate of drug-likeness (QED) is 0.724. The molecule has 4 rings (SSSR count). The summed E-state index contributed by atoms with van der Waals surface area (Å²) in [7, 11) is 0. The van der Waals surface area contributed by atoms with Gasteiger partial charge in [-0.2, -0.15) is 0 Å². The summed E-state index contributed by atoms with van der Waals surface area (Å²) in [5, 5.41) is 16.9. The number of nitrogens with one attached hydrogen (secondary N) is 2. The molecule has 3 atom stereocenters. The van der Waals surface area contributed by atoms with Crippen molar-refractivity contribution in [3.8, 4) is 0 Å². The Bertz CT molecular complexity index is 978. The maximum Gasteiger partial charge on any atom is 0.251 e. The highest BCUT2D eigenvalue weighted by atomic mass is 16.4. The van der Waals surface area contributed by atoms with Crippen LogP contribution < -0.4 is 15.7 Å². The summed E-state index contributed by atoms with van der Waals surface area (Å²) in [6.45, 7) is 4.47. The molecule has 0 fully saturated rings. The molecule has 1 aliphatic carbocycles. The van der Waals surface area contributed by atoms with Gasteiger partial charge in [0, 0.05) is 36.1 Å². The summed E-state index contributed by atoms with van der Waals surface area (Å²) >= 11 is 0. The maximum atomic E-state index is 12.4. The van der Waals surface area contributed by atoms with Crippen LogP contribution in [0.4, 0.5) is 5.69 Å². The second kappa shape index (κ2) is 8.34. The van der Waals surface area contributed by atoms with E-state index in [1.165, 1.54) is 11.1 Å². The molecular weight excluding hydrogens is 376 g/mol. The van der Waals surface area contributed by atoms with Crippen LogP contribution in [0.1, 0.15) is 71.6 Å². The Hall–Kier alpha value is -3.08. The number of hydrogen-bond donors (Lipinski definition) is 2. The molecule has 2 aromatic carbocycles. The van der Waals surface area contributed by atoms with Crippen molar-refractivity contribution in [1.82, 2.24) is 5.32 Å². The fourth-order valence-electron chi connectivity index (χ4n) is 4.53. The van der Waals surface area contributed by atoms with Crippen molar-refractivity contribution in [1.29, 1.82) is 0 Å². The molecular formula is C25H27N2O3-. The van der Waals surface area contributed by atoms with Crippen LogP contribution in [0.25, 0.3) is 0 Å². The van der Waals surface area contributed by atoms with E-state index in [0.717, 1.165) is 17.7 Å². The zero-order chi connectivity index (χ0) is 21.3. The summed E-state index contributed by atoms with van der Waals surface area (Å²) < 4.78 is 0. The summed E-state index contributed by atoms with van der Waals surface area (Å²) in [5.41, 5.74) is 5.34. The van der Waals surface area contributed by atoms with Gasteiger partial charge in [0.05, 0.1) is 6.04 Å². The molecule has 0 saturated carbocycles. The van der Waals surface area contributed by atoms with Gasteiger partial charge in [0.15, 0.2) is 0 Å². The number of rotatable bonds is 6. The molecule has 0 saturated heterocycles. The number of carboxylic acids is 1. The van der Waals surface area contributed by atoms with Gasteiger partial charge in [-0.3, -0.25) is 4.79 Å². The SMILES string of the molecule is CC(C)c1ccc([C@H]2Nc3ccc(C(=O)NCCC(=O)[O-])cc3[C@H]3C=CC[C@@H]32)cc1. The highest BCUT2D eigenvalue weighted by Crippen LogP contribution is 2.50. The van der Waals surface area contributed by atoms with Gasteiger partial charge in [0.1, 0.15) is 0 Å². The van der Waals surface area contributed by atoms with E-state index in [4.69, 9.17) is 0 Å². The van der Waals surface area contributed by atoms with E-state index in [9.17, 15) is 14.7 Å². The number of aliphatic carboxylic acids is 1. The molecule has 1 heterocycles. The zero-order valence-corrected chi connectivity index (χ0v) is 17.4. The predicted octanol–water partition coefficient (Wildman–Crippen LogP) is 3.51. The Morgan fingerprint density at radius 2 is 1.93 bits per heavy atom. The number of anilines is 1. The van der Waals surface area contributed by atoms with E-state index in [-0.39, 0.29) is 30.8 Å². The number of benzene rings is 2. The first-order valence-corrected chi connectivity index (χ1v) is 10.6. The predicted molar refractivity (Wildman–Crippen MR) is 115 cm³/mol. The molecule has 156 valence electrons. The van der Waals surface area contributed by atoms with E-state index in [1.54, 1.807) is 6.07 Å². The molecule has 2 aromatic rings. The molecule has 2 aliphatic rings. The third-order valence-corrected chi connectivity index (χ3v) is 6.20. The lowest BCUT2D eigenvalue weighted by molar-refractivity contribution is -0.305. The summed E-state index contributed by atoms with van der Waals surface area (Å²) in [6, 6.07) is 14.8. The average molecular weight is 404 g/mol. The van der Waals surface area contributed by atoms with Crippen molar-refractivity contribution >= 4 is 17.6 Å². The minimum absolute atomic E-state index is 0.0664. The smallest absolute Gasteiger partial charge is 0.251 e. The number of amides is 1. The van der Waals surface area contributed by atoms with Crippen LogP contribution in [0.3, 0.4) is 0 Å². The molecule has 0 radical (unpaired) electrons. The third kappa shape index (κ3) is 3.97. The van der Waals surface area contributed by atoms with Crippen molar-refractivity contribution in [2.24, 2.45) is 5.92 Å². The van der Waals surface area contributed by atoms with Crippen LogP contribution in [-0.4, -0.2) is 18.4 Å². The van der Waals surface area contributed by atoms with E-state index >= 15 is 0 Å². The van der Waals surface area contributed by atoms with Gasteiger partial charge >= 0.3 is 0 Å². The van der Waals surface area contributed by atoms with E-state index in [2.05, 4.69) is 60.9 Å². The monoisotopic (exact) mass is 403 g/mol. The minimum Gasteiger partial charge on any atom is -0.550 e. The molecule has 2 N–H and O–H groups in total. The highest BCUT2D eigenvalue weighted by molar-refractivity contribution is 5.95. The molecule has 0 spiro atoms. The first-order chi connectivity index (χ1) is 14.4. The van der Waals surface area contributed by atoms with Gasteiger partial charge in [0.2, 0.25) is 0 Å². The maximum absolute atomic E-state index is 12.4. The summed E-state index contributed by atoms with van der Waals surface area (Å²) in [5.74, 6) is -0.262. The molecule has 0 unspecified atom stereocenters.